The van der Waals surface area contributed by atoms with E-state index in [1.807, 2.05) is 26.0 Å². The summed E-state index contributed by atoms with van der Waals surface area (Å²) in [4.78, 5) is 38.8. The zero-order valence-electron chi connectivity index (χ0n) is 17.7. The Morgan fingerprint density at radius 2 is 1.90 bits per heavy atom. The number of amides is 3. The van der Waals surface area contributed by atoms with Crippen LogP contribution in [0.1, 0.15) is 57.1 Å². The zero-order valence-corrected chi connectivity index (χ0v) is 17.7. The number of rotatable bonds is 7. The summed E-state index contributed by atoms with van der Waals surface area (Å²) in [5.74, 6) is 0.868. The Bertz CT molecular complexity index is 828. The summed E-state index contributed by atoms with van der Waals surface area (Å²) in [5.41, 5.74) is 1.98. The van der Waals surface area contributed by atoms with Crippen molar-refractivity contribution in [3.05, 3.63) is 23.3 Å². The second-order valence-electron chi connectivity index (χ2n) is 8.49. The molecule has 0 unspecified atom stereocenters. The number of carbonyl (C=O) groups excluding carboxylic acids is 3. The minimum Gasteiger partial charge on any atom is -0.494 e. The van der Waals surface area contributed by atoms with Gasteiger partial charge in [0, 0.05) is 37.1 Å². The third-order valence-corrected chi connectivity index (χ3v) is 6.35. The highest BCUT2D eigenvalue weighted by molar-refractivity contribution is 6.05. The van der Waals surface area contributed by atoms with Gasteiger partial charge in [-0.25, -0.2) is 0 Å². The lowest BCUT2D eigenvalue weighted by molar-refractivity contribution is -0.140. The fraction of sp³-hybridized carbons (Fsp3) is 0.609. The molecule has 7 heteroatoms. The van der Waals surface area contributed by atoms with Gasteiger partial charge >= 0.3 is 0 Å². The number of nitrogens with one attached hydrogen (secondary N) is 1. The summed E-state index contributed by atoms with van der Waals surface area (Å²) in [5, 5.41) is 2.89. The molecule has 1 saturated heterocycles. The summed E-state index contributed by atoms with van der Waals surface area (Å²) in [6.45, 7) is 4.96. The van der Waals surface area contributed by atoms with Gasteiger partial charge in [0.1, 0.15) is 17.6 Å². The van der Waals surface area contributed by atoms with Gasteiger partial charge in [-0.1, -0.05) is 12.8 Å². The van der Waals surface area contributed by atoms with Gasteiger partial charge in [-0.2, -0.15) is 0 Å². The summed E-state index contributed by atoms with van der Waals surface area (Å²) >= 11 is 0. The highest BCUT2D eigenvalue weighted by Crippen LogP contribution is 2.38. The van der Waals surface area contributed by atoms with Crippen molar-refractivity contribution in [3.63, 3.8) is 0 Å². The lowest BCUT2D eigenvalue weighted by Gasteiger charge is -2.19. The molecule has 0 aromatic heterocycles. The van der Waals surface area contributed by atoms with Gasteiger partial charge in [0.15, 0.2) is 0 Å². The van der Waals surface area contributed by atoms with Crippen molar-refractivity contribution >= 4 is 17.7 Å². The van der Waals surface area contributed by atoms with E-state index >= 15 is 0 Å². The van der Waals surface area contributed by atoms with E-state index in [0.717, 1.165) is 54.7 Å². The molecular weight excluding hydrogens is 384 g/mol. The molecule has 1 aromatic rings. The van der Waals surface area contributed by atoms with Crippen LogP contribution in [-0.2, 0) is 27.3 Å². The average Bonchev–Trinajstić information content (AvgIpc) is 3.21. The van der Waals surface area contributed by atoms with E-state index in [2.05, 4.69) is 5.32 Å². The Morgan fingerprint density at radius 3 is 2.57 bits per heavy atom. The number of hydrogen-bond acceptors (Lipinski definition) is 5. The smallest absolute Gasteiger partial charge is 0.233 e. The van der Waals surface area contributed by atoms with Gasteiger partial charge in [0.2, 0.25) is 17.7 Å². The molecule has 1 aliphatic carbocycles. The van der Waals surface area contributed by atoms with Crippen LogP contribution in [0.4, 0.5) is 0 Å². The van der Waals surface area contributed by atoms with E-state index < -0.39 is 0 Å². The van der Waals surface area contributed by atoms with Gasteiger partial charge in [-0.3, -0.25) is 19.3 Å². The van der Waals surface area contributed by atoms with Crippen LogP contribution < -0.4 is 14.8 Å². The van der Waals surface area contributed by atoms with E-state index in [0.29, 0.717) is 13.2 Å². The average molecular weight is 415 g/mol. The van der Waals surface area contributed by atoms with Gasteiger partial charge in [-0.15, -0.1) is 0 Å². The molecule has 1 saturated carbocycles. The van der Waals surface area contributed by atoms with Gasteiger partial charge in [0.05, 0.1) is 18.4 Å². The number of likely N-dealkylation sites (tertiary alicyclic amines) is 1. The third-order valence-electron chi connectivity index (χ3n) is 6.35. The maximum absolute atomic E-state index is 12.5. The van der Waals surface area contributed by atoms with Crippen molar-refractivity contribution in [3.8, 4) is 11.5 Å². The monoisotopic (exact) mass is 414 g/mol. The van der Waals surface area contributed by atoms with E-state index in [4.69, 9.17) is 9.47 Å². The fourth-order valence-electron chi connectivity index (χ4n) is 4.86. The van der Waals surface area contributed by atoms with Crippen LogP contribution in [0.25, 0.3) is 0 Å². The lowest BCUT2D eigenvalue weighted by Crippen LogP contribution is -2.35. The number of imide groups is 1. The molecule has 3 atom stereocenters. The van der Waals surface area contributed by atoms with E-state index in [1.165, 1.54) is 4.90 Å². The minimum absolute atomic E-state index is 0.0963. The number of ether oxygens (including phenoxy) is 2. The van der Waals surface area contributed by atoms with Crippen LogP contribution in [-0.4, -0.2) is 41.9 Å². The highest BCUT2D eigenvalue weighted by Gasteiger charge is 2.47. The molecule has 2 fully saturated rings. The Balaban J connectivity index is 1.34. The maximum Gasteiger partial charge on any atom is 0.233 e. The first-order chi connectivity index (χ1) is 14.5. The molecule has 3 aliphatic rings. The van der Waals surface area contributed by atoms with Crippen LogP contribution in [0.15, 0.2) is 12.1 Å². The van der Waals surface area contributed by atoms with E-state index in [1.54, 1.807) is 0 Å². The van der Waals surface area contributed by atoms with Crippen molar-refractivity contribution in [2.24, 2.45) is 11.8 Å². The molecule has 0 spiro atoms. The largest absolute Gasteiger partial charge is 0.494 e. The highest BCUT2D eigenvalue weighted by atomic mass is 16.5. The molecule has 3 amide bonds. The Morgan fingerprint density at radius 1 is 1.20 bits per heavy atom. The zero-order chi connectivity index (χ0) is 21.3. The summed E-state index contributed by atoms with van der Waals surface area (Å²) in [6.07, 6.45) is 4.67. The molecule has 2 heterocycles. The second kappa shape index (κ2) is 8.66. The minimum atomic E-state index is -0.192. The molecule has 7 nitrogen and oxygen atoms in total. The molecule has 0 bridgehead atoms. The van der Waals surface area contributed by atoms with Gasteiger partial charge < -0.3 is 14.8 Å². The maximum atomic E-state index is 12.5. The standard InChI is InChI=1S/C23H30N2O5/c1-3-29-19-11-15-10-14(2)30-20(15)12-16(19)13-24-21(26)8-9-25-22(27)17-6-4-5-7-18(17)23(25)28/h11-12,14,17-18H,3-10,13H2,1-2H3,(H,24,26)/t14-,17-,18-/m1/s1. The van der Waals surface area contributed by atoms with E-state index in [9.17, 15) is 14.4 Å². The Kier molecular flexibility index (Phi) is 5.97. The number of hydrogen-bond donors (Lipinski definition) is 1. The third kappa shape index (κ3) is 4.02. The second-order valence-corrected chi connectivity index (χ2v) is 8.49. The molecule has 30 heavy (non-hydrogen) atoms. The molecule has 2 aliphatic heterocycles. The van der Waals surface area contributed by atoms with Crippen LogP contribution in [0.2, 0.25) is 0 Å². The first-order valence-corrected chi connectivity index (χ1v) is 11.0. The van der Waals surface area contributed by atoms with Crippen LogP contribution in [0.5, 0.6) is 11.5 Å². The van der Waals surface area contributed by atoms with Crippen molar-refractivity contribution in [2.45, 2.75) is 65.0 Å². The summed E-state index contributed by atoms with van der Waals surface area (Å²) < 4.78 is 11.6. The fourth-order valence-corrected chi connectivity index (χ4v) is 4.86. The van der Waals surface area contributed by atoms with Crippen molar-refractivity contribution in [1.29, 1.82) is 0 Å². The topological polar surface area (TPSA) is 84.9 Å². The molecule has 4 rings (SSSR count). The van der Waals surface area contributed by atoms with Crippen LogP contribution in [0.3, 0.4) is 0 Å². The first-order valence-electron chi connectivity index (χ1n) is 11.0. The van der Waals surface area contributed by atoms with Crippen LogP contribution >= 0.6 is 0 Å². The summed E-state index contributed by atoms with van der Waals surface area (Å²) in [7, 11) is 0. The summed E-state index contributed by atoms with van der Waals surface area (Å²) in [6, 6.07) is 3.93. The van der Waals surface area contributed by atoms with Crippen molar-refractivity contribution in [2.75, 3.05) is 13.2 Å². The van der Waals surface area contributed by atoms with Crippen LogP contribution in [0, 0.1) is 11.8 Å². The van der Waals surface area contributed by atoms with Gasteiger partial charge in [-0.05, 0) is 38.8 Å². The quantitative estimate of drug-likeness (QED) is 0.694. The molecule has 0 radical (unpaired) electrons. The molecule has 1 aromatic carbocycles. The predicted molar refractivity (Wildman–Crippen MR) is 110 cm³/mol. The van der Waals surface area contributed by atoms with E-state index in [-0.39, 0.29) is 48.6 Å². The molecular formula is C23H30N2O5. The molecule has 162 valence electrons. The first kappa shape index (κ1) is 20.7. The predicted octanol–water partition coefficient (Wildman–Crippen LogP) is 2.59. The number of nitrogens with zero attached hydrogens (tertiary/aromatic N) is 1. The Hall–Kier alpha value is -2.57. The number of benzene rings is 1. The van der Waals surface area contributed by atoms with Crippen molar-refractivity contribution in [1.82, 2.24) is 10.2 Å². The lowest BCUT2D eigenvalue weighted by atomic mass is 9.81. The molecule has 1 N–H and O–H groups in total. The Labute approximate surface area is 177 Å². The SMILES string of the molecule is CCOc1cc2c(cc1CNC(=O)CCN1C(=O)[C@@H]3CCCC[C@H]3C1=O)O[C@H](C)C2. The normalized spacial score (nSPS) is 25.0. The van der Waals surface area contributed by atoms with Crippen molar-refractivity contribution < 1.29 is 23.9 Å². The number of carbonyl (C=O) groups is 3. The number of fused-ring (bicyclic) bond motifs is 2. The van der Waals surface area contributed by atoms with Gasteiger partial charge in [0.25, 0.3) is 0 Å².